The van der Waals surface area contributed by atoms with E-state index in [-0.39, 0.29) is 18.3 Å². The third kappa shape index (κ3) is 8.57. The summed E-state index contributed by atoms with van der Waals surface area (Å²) >= 11 is 0. The minimum Gasteiger partial charge on any atom is -0.457 e. The number of unbranched alkanes of at least 4 members (excludes halogenated alkanes) is 3. The average Bonchev–Trinajstić information content (AvgIpc) is 2.62. The Morgan fingerprint density at radius 3 is 2.20 bits per heavy atom. The number of hydrogen-bond acceptors (Lipinski definition) is 3. The van der Waals surface area contributed by atoms with Crippen LogP contribution in [-0.2, 0) is 11.3 Å². The minimum absolute atomic E-state index is 0. The highest BCUT2D eigenvalue weighted by atomic mass is 35.5. The normalized spacial score (nSPS) is 9.96. The van der Waals surface area contributed by atoms with Crippen LogP contribution in [0.15, 0.2) is 54.6 Å². The Labute approximate surface area is 156 Å². The molecule has 0 saturated carbocycles. The van der Waals surface area contributed by atoms with E-state index in [4.69, 9.17) is 10.5 Å². The number of amides is 1. The maximum Gasteiger partial charge on any atom is 0.220 e. The van der Waals surface area contributed by atoms with Crippen molar-refractivity contribution in [3.8, 4) is 11.5 Å². The van der Waals surface area contributed by atoms with Crippen molar-refractivity contribution in [3.63, 3.8) is 0 Å². The summed E-state index contributed by atoms with van der Waals surface area (Å²) in [6.45, 7) is 1.28. The molecule has 2 aromatic carbocycles. The van der Waals surface area contributed by atoms with E-state index in [0.717, 1.165) is 49.3 Å². The number of benzene rings is 2. The molecule has 2 aromatic rings. The van der Waals surface area contributed by atoms with Crippen molar-refractivity contribution in [1.82, 2.24) is 5.32 Å². The van der Waals surface area contributed by atoms with Crippen LogP contribution in [0.25, 0.3) is 0 Å². The molecule has 0 atom stereocenters. The summed E-state index contributed by atoms with van der Waals surface area (Å²) in [4.78, 5) is 11.8. The van der Waals surface area contributed by atoms with Crippen LogP contribution in [0.1, 0.15) is 37.7 Å². The summed E-state index contributed by atoms with van der Waals surface area (Å²) in [7, 11) is 0. The topological polar surface area (TPSA) is 64.4 Å². The van der Waals surface area contributed by atoms with Gasteiger partial charge in [-0.3, -0.25) is 4.79 Å². The van der Waals surface area contributed by atoms with Gasteiger partial charge in [-0.15, -0.1) is 12.4 Å². The predicted octanol–water partition coefficient (Wildman–Crippen LogP) is 4.43. The zero-order valence-electron chi connectivity index (χ0n) is 14.4. The van der Waals surface area contributed by atoms with E-state index in [0.29, 0.717) is 13.0 Å². The van der Waals surface area contributed by atoms with Crippen molar-refractivity contribution in [1.29, 1.82) is 0 Å². The third-order valence-electron chi connectivity index (χ3n) is 3.75. The van der Waals surface area contributed by atoms with Crippen LogP contribution >= 0.6 is 12.4 Å². The molecule has 0 aliphatic rings. The second-order valence-electron chi connectivity index (χ2n) is 5.79. The van der Waals surface area contributed by atoms with Gasteiger partial charge in [-0.05, 0) is 49.2 Å². The first kappa shape index (κ1) is 21.0. The van der Waals surface area contributed by atoms with Gasteiger partial charge < -0.3 is 15.8 Å². The molecule has 0 aromatic heterocycles. The molecule has 0 saturated heterocycles. The molecule has 2 rings (SSSR count). The number of hydrogen-bond donors (Lipinski definition) is 2. The largest absolute Gasteiger partial charge is 0.457 e. The standard InChI is InChI=1S/C20H26N2O2.ClH/c21-15-7-2-1-6-10-20(23)22-16-17-11-13-19(14-12-17)24-18-8-4-3-5-9-18;/h3-5,8-9,11-14H,1-2,6-7,10,15-16,21H2,(H,22,23);1H. The van der Waals surface area contributed by atoms with Crippen molar-refractivity contribution >= 4 is 18.3 Å². The number of halogens is 1. The van der Waals surface area contributed by atoms with Crippen LogP contribution in [0.2, 0.25) is 0 Å². The summed E-state index contributed by atoms with van der Waals surface area (Å²) in [5.41, 5.74) is 6.51. The van der Waals surface area contributed by atoms with Crippen LogP contribution in [0, 0.1) is 0 Å². The molecule has 0 aliphatic carbocycles. The van der Waals surface area contributed by atoms with E-state index in [9.17, 15) is 4.79 Å². The van der Waals surface area contributed by atoms with Gasteiger partial charge >= 0.3 is 0 Å². The number of para-hydroxylation sites is 1. The molecule has 0 fully saturated rings. The minimum atomic E-state index is 0. The Bertz CT molecular complexity index is 603. The first-order valence-corrected chi connectivity index (χ1v) is 8.56. The molecule has 0 radical (unpaired) electrons. The lowest BCUT2D eigenvalue weighted by atomic mass is 10.1. The Morgan fingerprint density at radius 1 is 0.880 bits per heavy atom. The lowest BCUT2D eigenvalue weighted by molar-refractivity contribution is -0.121. The second kappa shape index (κ2) is 12.3. The van der Waals surface area contributed by atoms with Crippen molar-refractivity contribution < 1.29 is 9.53 Å². The van der Waals surface area contributed by atoms with Crippen molar-refractivity contribution in [2.75, 3.05) is 6.54 Å². The summed E-state index contributed by atoms with van der Waals surface area (Å²) < 4.78 is 5.75. The van der Waals surface area contributed by atoms with Crippen LogP contribution < -0.4 is 15.8 Å². The number of rotatable bonds is 10. The monoisotopic (exact) mass is 362 g/mol. The van der Waals surface area contributed by atoms with Crippen LogP contribution in [0.3, 0.4) is 0 Å². The van der Waals surface area contributed by atoms with Gasteiger partial charge in [0.15, 0.2) is 0 Å². The maximum atomic E-state index is 11.8. The quantitative estimate of drug-likeness (QED) is 0.614. The lowest BCUT2D eigenvalue weighted by Crippen LogP contribution is -2.22. The number of carbonyl (C=O) groups excluding carboxylic acids is 1. The molecule has 0 spiro atoms. The van der Waals surface area contributed by atoms with E-state index in [1.54, 1.807) is 0 Å². The molecule has 3 N–H and O–H groups in total. The van der Waals surface area contributed by atoms with E-state index < -0.39 is 0 Å². The van der Waals surface area contributed by atoms with Gasteiger partial charge in [0.2, 0.25) is 5.91 Å². The second-order valence-corrected chi connectivity index (χ2v) is 5.79. The zero-order valence-corrected chi connectivity index (χ0v) is 15.3. The average molecular weight is 363 g/mol. The van der Waals surface area contributed by atoms with Gasteiger partial charge in [0.1, 0.15) is 11.5 Å². The Kier molecular flexibility index (Phi) is 10.4. The van der Waals surface area contributed by atoms with Gasteiger partial charge in [0, 0.05) is 13.0 Å². The molecule has 0 heterocycles. The molecular formula is C20H27ClN2O2. The first-order chi connectivity index (χ1) is 11.8. The zero-order chi connectivity index (χ0) is 17.0. The first-order valence-electron chi connectivity index (χ1n) is 8.56. The van der Waals surface area contributed by atoms with Gasteiger partial charge in [-0.2, -0.15) is 0 Å². The van der Waals surface area contributed by atoms with Crippen LogP contribution in [-0.4, -0.2) is 12.5 Å². The maximum absolute atomic E-state index is 11.8. The molecule has 0 unspecified atom stereocenters. The summed E-state index contributed by atoms with van der Waals surface area (Å²) in [6, 6.07) is 17.5. The Hall–Kier alpha value is -2.04. The van der Waals surface area contributed by atoms with E-state index in [2.05, 4.69) is 5.32 Å². The highest BCUT2D eigenvalue weighted by Crippen LogP contribution is 2.21. The molecule has 0 bridgehead atoms. The third-order valence-corrected chi connectivity index (χ3v) is 3.75. The predicted molar refractivity (Wildman–Crippen MR) is 104 cm³/mol. The van der Waals surface area contributed by atoms with Crippen molar-refractivity contribution in [2.24, 2.45) is 5.73 Å². The fourth-order valence-electron chi connectivity index (χ4n) is 2.37. The van der Waals surface area contributed by atoms with E-state index >= 15 is 0 Å². The number of ether oxygens (including phenoxy) is 1. The summed E-state index contributed by atoms with van der Waals surface area (Å²) in [5.74, 6) is 1.71. The van der Waals surface area contributed by atoms with Gasteiger partial charge in [-0.1, -0.05) is 43.2 Å². The van der Waals surface area contributed by atoms with E-state index in [1.807, 2.05) is 54.6 Å². The summed E-state index contributed by atoms with van der Waals surface area (Å²) in [6.07, 6.45) is 4.72. The van der Waals surface area contributed by atoms with Crippen LogP contribution in [0.5, 0.6) is 11.5 Å². The Morgan fingerprint density at radius 2 is 1.52 bits per heavy atom. The van der Waals surface area contributed by atoms with Gasteiger partial charge in [-0.25, -0.2) is 0 Å². The van der Waals surface area contributed by atoms with E-state index in [1.165, 1.54) is 0 Å². The fourth-order valence-corrected chi connectivity index (χ4v) is 2.37. The molecular weight excluding hydrogens is 336 g/mol. The molecule has 136 valence electrons. The number of nitrogens with one attached hydrogen (secondary N) is 1. The Balaban J connectivity index is 0.00000312. The molecule has 0 aliphatic heterocycles. The van der Waals surface area contributed by atoms with Crippen molar-refractivity contribution in [2.45, 2.75) is 38.6 Å². The molecule has 5 heteroatoms. The van der Waals surface area contributed by atoms with Gasteiger partial charge in [0.05, 0.1) is 0 Å². The SMILES string of the molecule is Cl.NCCCCCCC(=O)NCc1ccc(Oc2ccccc2)cc1. The summed E-state index contributed by atoms with van der Waals surface area (Å²) in [5, 5.41) is 2.95. The van der Waals surface area contributed by atoms with Crippen LogP contribution in [0.4, 0.5) is 0 Å². The smallest absolute Gasteiger partial charge is 0.220 e. The fraction of sp³-hybridized carbons (Fsp3) is 0.350. The molecule has 4 nitrogen and oxygen atoms in total. The van der Waals surface area contributed by atoms with Crippen molar-refractivity contribution in [3.05, 3.63) is 60.2 Å². The highest BCUT2D eigenvalue weighted by Gasteiger charge is 2.02. The van der Waals surface area contributed by atoms with Gasteiger partial charge in [0.25, 0.3) is 0 Å². The lowest BCUT2D eigenvalue weighted by Gasteiger charge is -2.08. The molecule has 1 amide bonds. The molecule has 25 heavy (non-hydrogen) atoms. The number of carbonyl (C=O) groups is 1. The number of nitrogens with two attached hydrogens (primary N) is 1. The highest BCUT2D eigenvalue weighted by molar-refractivity contribution is 5.85.